The van der Waals surface area contributed by atoms with E-state index in [0.29, 0.717) is 24.5 Å². The quantitative estimate of drug-likeness (QED) is 0.803. The van der Waals surface area contributed by atoms with E-state index in [1.807, 2.05) is 34.6 Å². The molecule has 1 aromatic carbocycles. The number of benzene rings is 1. The minimum atomic E-state index is -3.64. The highest BCUT2D eigenvalue weighted by Crippen LogP contribution is 2.22. The molecule has 1 saturated heterocycles. The van der Waals surface area contributed by atoms with E-state index in [2.05, 4.69) is 10.4 Å². The second kappa shape index (κ2) is 8.25. The monoisotopic (exact) mass is 420 g/mol. The number of carbonyl (C=O) groups is 1. The van der Waals surface area contributed by atoms with Crippen molar-refractivity contribution in [1.29, 1.82) is 0 Å². The van der Waals surface area contributed by atoms with Crippen LogP contribution in [-0.2, 0) is 14.8 Å². The minimum Gasteiger partial charge on any atom is -0.373 e. The molecule has 1 aliphatic heterocycles. The Morgan fingerprint density at radius 1 is 1.17 bits per heavy atom. The number of carbonyl (C=O) groups excluding carboxylic acids is 1. The van der Waals surface area contributed by atoms with Crippen molar-refractivity contribution in [2.45, 2.75) is 57.8 Å². The SMILES string of the molecule is Cc1cc(NC(=O)c2ccc(S(=O)(=O)N3C[C@@H](C)O[C@H](C)C3)cc2)n(C(C)C)n1. The van der Waals surface area contributed by atoms with Crippen molar-refractivity contribution >= 4 is 21.7 Å². The average Bonchev–Trinajstić information content (AvgIpc) is 3.01. The summed E-state index contributed by atoms with van der Waals surface area (Å²) >= 11 is 0. The number of aromatic nitrogens is 2. The lowest BCUT2D eigenvalue weighted by molar-refractivity contribution is -0.0440. The lowest BCUT2D eigenvalue weighted by Crippen LogP contribution is -2.48. The summed E-state index contributed by atoms with van der Waals surface area (Å²) in [5.41, 5.74) is 1.19. The molecule has 0 spiro atoms. The Balaban J connectivity index is 1.77. The predicted octanol–water partition coefficient (Wildman–Crippen LogP) is 2.82. The van der Waals surface area contributed by atoms with Gasteiger partial charge in [-0.1, -0.05) is 0 Å². The molecule has 29 heavy (non-hydrogen) atoms. The smallest absolute Gasteiger partial charge is 0.256 e. The second-order valence-electron chi connectivity index (χ2n) is 7.77. The van der Waals surface area contributed by atoms with Crippen LogP contribution in [0.3, 0.4) is 0 Å². The molecule has 2 atom stereocenters. The van der Waals surface area contributed by atoms with Crippen molar-refractivity contribution < 1.29 is 17.9 Å². The summed E-state index contributed by atoms with van der Waals surface area (Å²) in [6.45, 7) is 10.2. The number of morpholine rings is 1. The van der Waals surface area contributed by atoms with Crippen LogP contribution in [0.5, 0.6) is 0 Å². The molecule has 9 heteroatoms. The second-order valence-corrected chi connectivity index (χ2v) is 9.71. The maximum Gasteiger partial charge on any atom is 0.256 e. The highest BCUT2D eigenvalue weighted by Gasteiger charge is 2.32. The standard InChI is InChI=1S/C20H28N4O4S/c1-13(2)24-19(10-14(3)22-24)21-20(25)17-6-8-18(9-7-17)29(26,27)23-11-15(4)28-16(5)12-23/h6-10,13,15-16H,11-12H2,1-5H3,(H,21,25)/t15-,16-/m1/s1. The van der Waals surface area contributed by atoms with Crippen LogP contribution in [0.2, 0.25) is 0 Å². The van der Waals surface area contributed by atoms with Gasteiger partial charge in [0.15, 0.2) is 0 Å². The Morgan fingerprint density at radius 3 is 2.31 bits per heavy atom. The predicted molar refractivity (Wildman–Crippen MR) is 111 cm³/mol. The molecule has 3 rings (SSSR count). The molecule has 0 saturated carbocycles. The lowest BCUT2D eigenvalue weighted by atomic mass is 10.2. The first-order valence-electron chi connectivity index (χ1n) is 9.71. The molecule has 1 fully saturated rings. The number of ether oxygens (including phenoxy) is 1. The number of amides is 1. The Bertz CT molecular complexity index is 972. The van der Waals surface area contributed by atoms with E-state index >= 15 is 0 Å². The third-order valence-electron chi connectivity index (χ3n) is 4.73. The summed E-state index contributed by atoms with van der Waals surface area (Å²) in [5, 5.41) is 7.22. The number of aryl methyl sites for hydroxylation is 1. The molecule has 2 aromatic rings. The third-order valence-corrected chi connectivity index (χ3v) is 6.57. The number of nitrogens with one attached hydrogen (secondary N) is 1. The molecule has 1 amide bonds. The van der Waals surface area contributed by atoms with Crippen molar-refractivity contribution in [1.82, 2.24) is 14.1 Å². The summed E-state index contributed by atoms with van der Waals surface area (Å²) in [7, 11) is -3.64. The van der Waals surface area contributed by atoms with Gasteiger partial charge in [-0.05, 0) is 58.9 Å². The maximum atomic E-state index is 12.9. The Labute approximate surface area is 171 Å². The number of rotatable bonds is 5. The molecular formula is C20H28N4O4S. The van der Waals surface area contributed by atoms with Gasteiger partial charge in [-0.2, -0.15) is 9.40 Å². The summed E-state index contributed by atoms with van der Waals surface area (Å²) in [6, 6.07) is 7.90. The summed E-state index contributed by atoms with van der Waals surface area (Å²) in [5.74, 6) is 0.292. The van der Waals surface area contributed by atoms with E-state index in [1.54, 1.807) is 10.7 Å². The molecule has 2 heterocycles. The lowest BCUT2D eigenvalue weighted by Gasteiger charge is -2.34. The number of hydrogen-bond donors (Lipinski definition) is 1. The van der Waals surface area contributed by atoms with Crippen molar-refractivity contribution in [3.63, 3.8) is 0 Å². The van der Waals surface area contributed by atoms with Gasteiger partial charge in [-0.3, -0.25) is 4.79 Å². The summed E-state index contributed by atoms with van der Waals surface area (Å²) < 4.78 is 34.7. The van der Waals surface area contributed by atoms with Crippen LogP contribution in [0.4, 0.5) is 5.82 Å². The topological polar surface area (TPSA) is 93.5 Å². The van der Waals surface area contributed by atoms with Crippen LogP contribution in [0.25, 0.3) is 0 Å². The van der Waals surface area contributed by atoms with Crippen LogP contribution in [0, 0.1) is 6.92 Å². The highest BCUT2D eigenvalue weighted by molar-refractivity contribution is 7.89. The zero-order chi connectivity index (χ0) is 21.3. The van der Waals surface area contributed by atoms with Gasteiger partial charge < -0.3 is 10.1 Å². The van der Waals surface area contributed by atoms with Gasteiger partial charge in [0, 0.05) is 30.8 Å². The van der Waals surface area contributed by atoms with E-state index in [0.717, 1.165) is 5.69 Å². The normalized spacial score (nSPS) is 20.8. The van der Waals surface area contributed by atoms with Crippen molar-refractivity contribution in [3.05, 3.63) is 41.6 Å². The fourth-order valence-corrected chi connectivity index (χ4v) is 5.04. The molecule has 0 aliphatic carbocycles. The molecular weight excluding hydrogens is 392 g/mol. The van der Waals surface area contributed by atoms with E-state index < -0.39 is 10.0 Å². The Hall–Kier alpha value is -2.23. The zero-order valence-corrected chi connectivity index (χ0v) is 18.2. The fourth-order valence-electron chi connectivity index (χ4n) is 3.45. The molecule has 8 nitrogen and oxygen atoms in total. The first kappa shape index (κ1) is 21.5. The first-order chi connectivity index (χ1) is 13.6. The van der Waals surface area contributed by atoms with Gasteiger partial charge in [0.05, 0.1) is 22.8 Å². The summed E-state index contributed by atoms with van der Waals surface area (Å²) in [6.07, 6.45) is -0.319. The van der Waals surface area contributed by atoms with E-state index in [1.165, 1.54) is 28.6 Å². The van der Waals surface area contributed by atoms with Crippen molar-refractivity contribution in [2.75, 3.05) is 18.4 Å². The van der Waals surface area contributed by atoms with Crippen LogP contribution in [-0.4, -0.2) is 53.7 Å². The van der Waals surface area contributed by atoms with Crippen molar-refractivity contribution in [2.24, 2.45) is 0 Å². The zero-order valence-electron chi connectivity index (χ0n) is 17.4. The van der Waals surface area contributed by atoms with Crippen molar-refractivity contribution in [3.8, 4) is 0 Å². The number of anilines is 1. The van der Waals surface area contributed by atoms with E-state index in [4.69, 9.17) is 4.74 Å². The molecule has 0 radical (unpaired) electrons. The van der Waals surface area contributed by atoms with Crippen LogP contribution < -0.4 is 5.32 Å². The van der Waals surface area contributed by atoms with Gasteiger partial charge in [-0.15, -0.1) is 0 Å². The van der Waals surface area contributed by atoms with E-state index in [-0.39, 0.29) is 29.1 Å². The molecule has 158 valence electrons. The third kappa shape index (κ3) is 4.68. The van der Waals surface area contributed by atoms with Gasteiger partial charge in [0.1, 0.15) is 5.82 Å². The van der Waals surface area contributed by atoms with Gasteiger partial charge in [0.25, 0.3) is 5.91 Å². The van der Waals surface area contributed by atoms with Crippen LogP contribution in [0.1, 0.15) is 49.8 Å². The Kier molecular flexibility index (Phi) is 6.11. The molecule has 0 unspecified atom stereocenters. The number of sulfonamides is 1. The highest BCUT2D eigenvalue weighted by atomic mass is 32.2. The van der Waals surface area contributed by atoms with Crippen LogP contribution >= 0.6 is 0 Å². The molecule has 1 aromatic heterocycles. The van der Waals surface area contributed by atoms with Gasteiger partial charge >= 0.3 is 0 Å². The molecule has 0 bridgehead atoms. The Morgan fingerprint density at radius 2 is 1.76 bits per heavy atom. The molecule has 1 aliphatic rings. The fraction of sp³-hybridized carbons (Fsp3) is 0.500. The van der Waals surface area contributed by atoms with Crippen LogP contribution in [0.15, 0.2) is 35.2 Å². The van der Waals surface area contributed by atoms with Gasteiger partial charge in [-0.25, -0.2) is 13.1 Å². The minimum absolute atomic E-state index is 0.102. The number of hydrogen-bond acceptors (Lipinski definition) is 5. The molecule has 1 N–H and O–H groups in total. The van der Waals surface area contributed by atoms with Gasteiger partial charge in [0.2, 0.25) is 10.0 Å². The van der Waals surface area contributed by atoms with E-state index in [9.17, 15) is 13.2 Å². The maximum absolute atomic E-state index is 12.9. The first-order valence-corrected chi connectivity index (χ1v) is 11.1. The average molecular weight is 421 g/mol. The largest absolute Gasteiger partial charge is 0.373 e. The summed E-state index contributed by atoms with van der Waals surface area (Å²) in [4.78, 5) is 12.8. The number of nitrogens with zero attached hydrogens (tertiary/aromatic N) is 3.